The molecule has 5 heteroatoms. The fourth-order valence-corrected chi connectivity index (χ4v) is 3.15. The summed E-state index contributed by atoms with van der Waals surface area (Å²) in [7, 11) is 1.64. The van der Waals surface area contributed by atoms with E-state index in [9.17, 15) is 10.2 Å². The molecular weight excluding hydrogens is 352 g/mol. The monoisotopic (exact) mass is 380 g/mol. The van der Waals surface area contributed by atoms with Gasteiger partial charge in [-0.05, 0) is 62.1 Å². The van der Waals surface area contributed by atoms with E-state index in [-0.39, 0.29) is 0 Å². The van der Waals surface area contributed by atoms with E-state index in [0.717, 1.165) is 29.1 Å². The molecule has 0 saturated heterocycles. The molecule has 28 heavy (non-hydrogen) atoms. The molecule has 0 aliphatic carbocycles. The maximum atomic E-state index is 10.6. The Morgan fingerprint density at radius 1 is 1.00 bits per heavy atom. The van der Waals surface area contributed by atoms with Gasteiger partial charge in [-0.1, -0.05) is 31.2 Å². The first-order valence-corrected chi connectivity index (χ1v) is 9.71. The standard InChI is InChI=1S/C23H28N2O3/c1-4-17-6-8-18(9-7-17)22-15-21(23(27)14-5-16(2)26)24-25(22)19-10-12-20(28-3)13-11-19/h6-13,15-16,23,26-27H,4-5,14H2,1-3H3. The van der Waals surface area contributed by atoms with Gasteiger partial charge < -0.3 is 14.9 Å². The van der Waals surface area contributed by atoms with Crippen molar-refractivity contribution in [3.05, 3.63) is 65.9 Å². The summed E-state index contributed by atoms with van der Waals surface area (Å²) in [4.78, 5) is 0. The summed E-state index contributed by atoms with van der Waals surface area (Å²) in [6.45, 7) is 3.86. The van der Waals surface area contributed by atoms with Crippen molar-refractivity contribution in [2.24, 2.45) is 0 Å². The summed E-state index contributed by atoms with van der Waals surface area (Å²) < 4.78 is 7.10. The Morgan fingerprint density at radius 2 is 1.68 bits per heavy atom. The Kier molecular flexibility index (Phi) is 6.49. The van der Waals surface area contributed by atoms with Gasteiger partial charge in [-0.15, -0.1) is 0 Å². The summed E-state index contributed by atoms with van der Waals surface area (Å²) in [5, 5.41) is 24.7. The molecule has 2 aromatic carbocycles. The van der Waals surface area contributed by atoms with Crippen LogP contribution in [0.15, 0.2) is 54.6 Å². The van der Waals surface area contributed by atoms with Crippen molar-refractivity contribution in [1.82, 2.24) is 9.78 Å². The van der Waals surface area contributed by atoms with Crippen molar-refractivity contribution in [3.63, 3.8) is 0 Å². The van der Waals surface area contributed by atoms with Crippen molar-refractivity contribution in [3.8, 4) is 22.7 Å². The fraction of sp³-hybridized carbons (Fsp3) is 0.348. The van der Waals surface area contributed by atoms with Gasteiger partial charge in [-0.2, -0.15) is 5.10 Å². The van der Waals surface area contributed by atoms with Gasteiger partial charge in [0.25, 0.3) is 0 Å². The van der Waals surface area contributed by atoms with E-state index < -0.39 is 12.2 Å². The van der Waals surface area contributed by atoms with Crippen molar-refractivity contribution in [2.75, 3.05) is 7.11 Å². The van der Waals surface area contributed by atoms with Crippen LogP contribution in [0.2, 0.25) is 0 Å². The first kappa shape index (κ1) is 20.1. The minimum Gasteiger partial charge on any atom is -0.497 e. The molecule has 0 fully saturated rings. The van der Waals surface area contributed by atoms with Crippen molar-refractivity contribution in [2.45, 2.75) is 45.3 Å². The molecule has 1 aromatic heterocycles. The molecule has 0 aliphatic heterocycles. The van der Waals surface area contributed by atoms with E-state index >= 15 is 0 Å². The van der Waals surface area contributed by atoms with Gasteiger partial charge in [0.2, 0.25) is 0 Å². The molecule has 148 valence electrons. The molecule has 2 unspecified atom stereocenters. The maximum Gasteiger partial charge on any atom is 0.119 e. The minimum absolute atomic E-state index is 0.445. The number of hydrogen-bond acceptors (Lipinski definition) is 4. The van der Waals surface area contributed by atoms with Crippen LogP contribution in [0.25, 0.3) is 16.9 Å². The lowest BCUT2D eigenvalue weighted by molar-refractivity contribution is 0.120. The number of aliphatic hydroxyl groups excluding tert-OH is 2. The smallest absolute Gasteiger partial charge is 0.119 e. The molecule has 2 atom stereocenters. The molecule has 0 bridgehead atoms. The van der Waals surface area contributed by atoms with Crippen LogP contribution >= 0.6 is 0 Å². The Hall–Kier alpha value is -2.63. The van der Waals surface area contributed by atoms with Gasteiger partial charge in [0.1, 0.15) is 5.75 Å². The SMILES string of the molecule is CCc1ccc(-c2cc(C(O)CCC(C)O)nn2-c2ccc(OC)cc2)cc1. The van der Waals surface area contributed by atoms with Gasteiger partial charge in [0.15, 0.2) is 0 Å². The number of hydrogen-bond donors (Lipinski definition) is 2. The molecule has 0 spiro atoms. The number of ether oxygens (including phenoxy) is 1. The highest BCUT2D eigenvalue weighted by Gasteiger charge is 2.18. The molecule has 0 amide bonds. The maximum absolute atomic E-state index is 10.6. The zero-order valence-corrected chi connectivity index (χ0v) is 16.7. The summed E-state index contributed by atoms with van der Waals surface area (Å²) >= 11 is 0. The number of methoxy groups -OCH3 is 1. The number of aryl methyl sites for hydroxylation is 1. The highest BCUT2D eigenvalue weighted by Crippen LogP contribution is 2.29. The van der Waals surface area contributed by atoms with Gasteiger partial charge in [0, 0.05) is 5.56 Å². The van der Waals surface area contributed by atoms with E-state index in [1.54, 1.807) is 14.0 Å². The van der Waals surface area contributed by atoms with Crippen LogP contribution in [0.5, 0.6) is 5.75 Å². The minimum atomic E-state index is -0.720. The third-order valence-electron chi connectivity index (χ3n) is 4.90. The average Bonchev–Trinajstić information content (AvgIpc) is 3.17. The molecule has 2 N–H and O–H groups in total. The second-order valence-corrected chi connectivity index (χ2v) is 7.06. The third kappa shape index (κ3) is 4.61. The third-order valence-corrected chi connectivity index (χ3v) is 4.90. The van der Waals surface area contributed by atoms with Gasteiger partial charge >= 0.3 is 0 Å². The highest BCUT2D eigenvalue weighted by molar-refractivity contribution is 5.63. The predicted molar refractivity (Wildman–Crippen MR) is 111 cm³/mol. The highest BCUT2D eigenvalue weighted by atomic mass is 16.5. The van der Waals surface area contributed by atoms with Crippen molar-refractivity contribution >= 4 is 0 Å². The second kappa shape index (κ2) is 9.04. The molecule has 0 radical (unpaired) electrons. The second-order valence-electron chi connectivity index (χ2n) is 7.06. The quantitative estimate of drug-likeness (QED) is 0.611. The van der Waals surface area contributed by atoms with Crippen LogP contribution in [0.3, 0.4) is 0 Å². The van der Waals surface area contributed by atoms with Crippen LogP contribution in [0.1, 0.15) is 44.1 Å². The van der Waals surface area contributed by atoms with E-state index in [4.69, 9.17) is 4.74 Å². The van der Waals surface area contributed by atoms with Crippen molar-refractivity contribution < 1.29 is 14.9 Å². The topological polar surface area (TPSA) is 67.5 Å². The lowest BCUT2D eigenvalue weighted by atomic mass is 10.0. The molecule has 0 saturated carbocycles. The first-order chi connectivity index (χ1) is 13.5. The lowest BCUT2D eigenvalue weighted by Crippen LogP contribution is -2.06. The van der Waals surface area contributed by atoms with Gasteiger partial charge in [-0.3, -0.25) is 0 Å². The number of aliphatic hydroxyl groups is 2. The average molecular weight is 380 g/mol. The Labute approximate surface area is 166 Å². The van der Waals surface area contributed by atoms with Crippen LogP contribution in [-0.4, -0.2) is 33.2 Å². The van der Waals surface area contributed by atoms with E-state index in [0.29, 0.717) is 18.5 Å². The normalized spacial score (nSPS) is 13.3. The largest absolute Gasteiger partial charge is 0.497 e. The Morgan fingerprint density at radius 3 is 2.25 bits per heavy atom. The number of rotatable bonds is 8. The molecule has 3 aromatic rings. The summed E-state index contributed by atoms with van der Waals surface area (Å²) in [6.07, 6.45) is 0.811. The van der Waals surface area contributed by atoms with Crippen LogP contribution < -0.4 is 4.74 Å². The zero-order chi connectivity index (χ0) is 20.1. The molecular formula is C23H28N2O3. The molecule has 1 heterocycles. The van der Waals surface area contributed by atoms with E-state index in [2.05, 4.69) is 36.3 Å². The first-order valence-electron chi connectivity index (χ1n) is 9.71. The number of nitrogens with zero attached hydrogens (tertiary/aromatic N) is 2. The Bertz CT molecular complexity index is 818. The molecule has 0 aliphatic rings. The summed E-state index contributed by atoms with van der Waals surface area (Å²) in [6, 6.07) is 18.0. The fourth-order valence-electron chi connectivity index (χ4n) is 3.15. The van der Waals surface area contributed by atoms with Gasteiger partial charge in [-0.25, -0.2) is 4.68 Å². The zero-order valence-electron chi connectivity index (χ0n) is 16.7. The van der Waals surface area contributed by atoms with Gasteiger partial charge in [0.05, 0.1) is 36.4 Å². The molecule has 3 rings (SSSR count). The van der Waals surface area contributed by atoms with E-state index in [1.807, 2.05) is 35.0 Å². The van der Waals surface area contributed by atoms with Crippen LogP contribution in [0, 0.1) is 0 Å². The summed E-state index contributed by atoms with van der Waals surface area (Å²) in [5.41, 5.74) is 4.72. The predicted octanol–water partition coefficient (Wildman–Crippen LogP) is 4.30. The lowest BCUT2D eigenvalue weighted by Gasteiger charge is -2.10. The molecule has 5 nitrogen and oxygen atoms in total. The van der Waals surface area contributed by atoms with E-state index in [1.165, 1.54) is 5.56 Å². The number of benzene rings is 2. The summed E-state index contributed by atoms with van der Waals surface area (Å²) in [5.74, 6) is 0.780. The van der Waals surface area contributed by atoms with Crippen molar-refractivity contribution in [1.29, 1.82) is 0 Å². The van der Waals surface area contributed by atoms with Crippen LogP contribution in [-0.2, 0) is 6.42 Å². The van der Waals surface area contributed by atoms with Crippen LogP contribution in [0.4, 0.5) is 0 Å². The number of aromatic nitrogens is 2. The Balaban J connectivity index is 2.01.